The lowest BCUT2D eigenvalue weighted by Crippen LogP contribution is -2.45. The number of unbranched alkanes of at least 4 members (excludes halogenated alkanes) is 60. The number of amides is 1. The Bertz CT molecular complexity index is 1260. The molecule has 0 saturated heterocycles. The molecule has 494 valence electrons. The molecule has 0 bridgehead atoms. The van der Waals surface area contributed by atoms with E-state index in [1.807, 2.05) is 0 Å². The molecule has 0 aliphatic heterocycles. The van der Waals surface area contributed by atoms with Crippen LogP contribution in [0.5, 0.6) is 0 Å². The first-order valence-electron chi connectivity index (χ1n) is 38.4. The fraction of sp³-hybridized carbons (Fsp3) is 0.948. The smallest absolute Gasteiger partial charge is 0.305 e. The Morgan fingerprint density at radius 1 is 0.325 bits per heavy atom. The maximum absolute atomic E-state index is 12.5. The first kappa shape index (κ1) is 81.6. The minimum atomic E-state index is -0.660. The fourth-order valence-electron chi connectivity index (χ4n) is 12.5. The molecule has 0 aromatic rings. The molecule has 2 unspecified atom stereocenters. The molecule has 0 aliphatic carbocycles. The van der Waals surface area contributed by atoms with Crippen LogP contribution in [0.15, 0.2) is 12.2 Å². The van der Waals surface area contributed by atoms with Gasteiger partial charge in [0.1, 0.15) is 0 Å². The van der Waals surface area contributed by atoms with Crippen molar-refractivity contribution in [3.63, 3.8) is 0 Å². The Balaban J connectivity index is 3.30. The summed E-state index contributed by atoms with van der Waals surface area (Å²) in [5.41, 5.74) is 0. The van der Waals surface area contributed by atoms with E-state index in [1.54, 1.807) is 0 Å². The number of carbonyl (C=O) groups is 2. The number of aliphatic hydroxyl groups is 2. The summed E-state index contributed by atoms with van der Waals surface area (Å²) >= 11 is 0. The zero-order chi connectivity index (χ0) is 59.9. The van der Waals surface area contributed by atoms with Crippen LogP contribution >= 0.6 is 0 Å². The van der Waals surface area contributed by atoms with Crippen molar-refractivity contribution in [2.24, 2.45) is 0 Å². The van der Waals surface area contributed by atoms with Crippen LogP contribution in [0.25, 0.3) is 0 Å². The van der Waals surface area contributed by atoms with Crippen LogP contribution in [0, 0.1) is 0 Å². The van der Waals surface area contributed by atoms with Crippen LogP contribution in [0.2, 0.25) is 0 Å². The quantitative estimate of drug-likeness (QED) is 0.0320. The van der Waals surface area contributed by atoms with Crippen molar-refractivity contribution in [3.05, 3.63) is 12.2 Å². The molecular formula is C77H151NO5. The van der Waals surface area contributed by atoms with Crippen LogP contribution in [0.1, 0.15) is 444 Å². The number of allylic oxidation sites excluding steroid dienone is 2. The average molecular weight is 1170 g/mol. The molecular weight excluding hydrogens is 1020 g/mol. The maximum atomic E-state index is 12.5. The second-order valence-electron chi connectivity index (χ2n) is 26.7. The van der Waals surface area contributed by atoms with Gasteiger partial charge in [-0.05, 0) is 51.4 Å². The van der Waals surface area contributed by atoms with Crippen LogP contribution in [-0.4, -0.2) is 47.4 Å². The van der Waals surface area contributed by atoms with Gasteiger partial charge in [0.25, 0.3) is 0 Å². The number of hydrogen-bond donors (Lipinski definition) is 3. The predicted molar refractivity (Wildman–Crippen MR) is 366 cm³/mol. The first-order chi connectivity index (χ1) is 41.0. The first-order valence-corrected chi connectivity index (χ1v) is 38.4. The predicted octanol–water partition coefficient (Wildman–Crippen LogP) is 25.1. The number of rotatable bonds is 73. The molecule has 0 heterocycles. The molecule has 0 spiro atoms. The van der Waals surface area contributed by atoms with Gasteiger partial charge >= 0.3 is 5.97 Å². The molecule has 1 amide bonds. The summed E-state index contributed by atoms with van der Waals surface area (Å²) in [6, 6.07) is -0.537. The molecule has 6 nitrogen and oxygen atoms in total. The van der Waals surface area contributed by atoms with Gasteiger partial charge in [-0.2, -0.15) is 0 Å². The van der Waals surface area contributed by atoms with Crippen molar-refractivity contribution in [2.75, 3.05) is 13.2 Å². The Morgan fingerprint density at radius 3 is 0.855 bits per heavy atom. The second kappa shape index (κ2) is 73.1. The largest absolute Gasteiger partial charge is 0.466 e. The third-order valence-electron chi connectivity index (χ3n) is 18.3. The van der Waals surface area contributed by atoms with E-state index in [4.69, 9.17) is 4.74 Å². The van der Waals surface area contributed by atoms with Gasteiger partial charge in [0, 0.05) is 12.8 Å². The van der Waals surface area contributed by atoms with Crippen LogP contribution in [0.3, 0.4) is 0 Å². The van der Waals surface area contributed by atoms with E-state index in [0.717, 1.165) is 38.5 Å². The third kappa shape index (κ3) is 69.6. The molecule has 0 fully saturated rings. The minimum absolute atomic E-state index is 0.0250. The third-order valence-corrected chi connectivity index (χ3v) is 18.3. The average Bonchev–Trinajstić information content (AvgIpc) is 3.49. The fourth-order valence-corrected chi connectivity index (χ4v) is 12.5. The normalized spacial score (nSPS) is 12.5. The number of aliphatic hydroxyl groups excluding tert-OH is 2. The molecule has 0 radical (unpaired) electrons. The van der Waals surface area contributed by atoms with E-state index in [9.17, 15) is 19.8 Å². The highest BCUT2D eigenvalue weighted by Crippen LogP contribution is 2.20. The summed E-state index contributed by atoms with van der Waals surface area (Å²) in [6.07, 6.45) is 91.7. The van der Waals surface area contributed by atoms with E-state index in [0.29, 0.717) is 25.9 Å². The lowest BCUT2D eigenvalue weighted by Gasteiger charge is -2.22. The minimum Gasteiger partial charge on any atom is -0.466 e. The van der Waals surface area contributed by atoms with E-state index in [-0.39, 0.29) is 18.5 Å². The van der Waals surface area contributed by atoms with Gasteiger partial charge in [0.05, 0.1) is 25.4 Å². The number of carbonyl (C=O) groups excluding carboxylic acids is 2. The second-order valence-corrected chi connectivity index (χ2v) is 26.7. The molecule has 0 saturated carbocycles. The maximum Gasteiger partial charge on any atom is 0.305 e. The lowest BCUT2D eigenvalue weighted by atomic mass is 10.0. The van der Waals surface area contributed by atoms with Crippen molar-refractivity contribution in [2.45, 2.75) is 456 Å². The molecule has 2 atom stereocenters. The van der Waals surface area contributed by atoms with E-state index < -0.39 is 12.1 Å². The van der Waals surface area contributed by atoms with Gasteiger partial charge in [0.2, 0.25) is 5.91 Å². The van der Waals surface area contributed by atoms with Crippen LogP contribution in [0.4, 0.5) is 0 Å². The molecule has 0 aliphatic rings. The Labute approximate surface area is 520 Å². The van der Waals surface area contributed by atoms with Gasteiger partial charge in [-0.25, -0.2) is 0 Å². The van der Waals surface area contributed by atoms with Gasteiger partial charge in [-0.15, -0.1) is 0 Å². The van der Waals surface area contributed by atoms with E-state index >= 15 is 0 Å². The highest BCUT2D eigenvalue weighted by atomic mass is 16.5. The summed E-state index contributed by atoms with van der Waals surface area (Å²) < 4.78 is 5.50. The summed E-state index contributed by atoms with van der Waals surface area (Å²) in [5, 5.41) is 23.3. The monoisotopic (exact) mass is 1170 g/mol. The van der Waals surface area contributed by atoms with Crippen molar-refractivity contribution in [3.8, 4) is 0 Å². The van der Waals surface area contributed by atoms with E-state index in [2.05, 4.69) is 31.3 Å². The Morgan fingerprint density at radius 2 is 0.566 bits per heavy atom. The molecule has 0 rings (SSSR count). The highest BCUT2D eigenvalue weighted by molar-refractivity contribution is 5.76. The van der Waals surface area contributed by atoms with Crippen LogP contribution < -0.4 is 5.32 Å². The van der Waals surface area contributed by atoms with Gasteiger partial charge < -0.3 is 20.3 Å². The summed E-state index contributed by atoms with van der Waals surface area (Å²) in [6.45, 7) is 5.00. The van der Waals surface area contributed by atoms with Crippen LogP contribution in [-0.2, 0) is 14.3 Å². The van der Waals surface area contributed by atoms with Gasteiger partial charge in [-0.3, -0.25) is 9.59 Å². The van der Waals surface area contributed by atoms with Crippen molar-refractivity contribution in [1.29, 1.82) is 0 Å². The SMILES string of the molecule is CCCCCCCCCCCCCCCCC(O)C(CO)NC(=O)CCCCCCCCCCCCCCCCCCC/C=C\CCCCCCCCCCCCCCCCCCCCOC(=O)CCCCCCCCCCCCCCC. The molecule has 0 aromatic carbocycles. The zero-order valence-electron chi connectivity index (χ0n) is 56.7. The number of ether oxygens (including phenoxy) is 1. The van der Waals surface area contributed by atoms with Crippen molar-refractivity contribution >= 4 is 11.9 Å². The molecule has 6 heteroatoms. The molecule has 83 heavy (non-hydrogen) atoms. The van der Waals surface area contributed by atoms with Gasteiger partial charge in [-0.1, -0.05) is 392 Å². The van der Waals surface area contributed by atoms with Gasteiger partial charge in [0.15, 0.2) is 0 Å². The number of hydrogen-bond acceptors (Lipinski definition) is 5. The summed E-state index contributed by atoms with van der Waals surface area (Å²) in [5.74, 6) is -0.00234. The summed E-state index contributed by atoms with van der Waals surface area (Å²) in [4.78, 5) is 24.6. The summed E-state index contributed by atoms with van der Waals surface area (Å²) in [7, 11) is 0. The van der Waals surface area contributed by atoms with Crippen molar-refractivity contribution in [1.82, 2.24) is 5.32 Å². The number of nitrogens with one attached hydrogen (secondary N) is 1. The zero-order valence-corrected chi connectivity index (χ0v) is 56.7. The Hall–Kier alpha value is -1.40. The highest BCUT2D eigenvalue weighted by Gasteiger charge is 2.20. The van der Waals surface area contributed by atoms with E-state index in [1.165, 1.54) is 372 Å². The lowest BCUT2D eigenvalue weighted by molar-refractivity contribution is -0.143. The number of esters is 1. The molecule has 0 aromatic heterocycles. The molecule has 3 N–H and O–H groups in total. The standard InChI is InChI=1S/C77H151NO5/c1-3-5-7-9-11-13-15-17-46-49-53-57-61-65-69-75(80)74(73-79)78-76(81)70-66-62-58-54-50-47-43-41-39-37-35-33-31-29-27-25-23-21-19-18-20-22-24-26-28-30-32-34-36-38-40-42-44-48-52-56-60-64-68-72-83-77(82)71-67-63-59-55-51-45-16-14-12-10-8-6-4-2/h18-19,74-75,79-80H,3-17,20-73H2,1-2H3,(H,78,81)/b19-18-. The van der Waals surface area contributed by atoms with Crippen molar-refractivity contribution < 1.29 is 24.5 Å². The topological polar surface area (TPSA) is 95.9 Å². The Kier molecular flexibility index (Phi) is 71.8.